The summed E-state index contributed by atoms with van der Waals surface area (Å²) < 4.78 is 0. The van der Waals surface area contributed by atoms with Crippen LogP contribution in [0.15, 0.2) is 30.3 Å². The molecule has 0 spiro atoms. The van der Waals surface area contributed by atoms with E-state index in [-0.39, 0.29) is 0 Å². The summed E-state index contributed by atoms with van der Waals surface area (Å²) in [6.07, 6.45) is 9.05. The van der Waals surface area contributed by atoms with Crippen molar-refractivity contribution in [3.8, 4) is 0 Å². The quantitative estimate of drug-likeness (QED) is 0.814. The van der Waals surface area contributed by atoms with Crippen LogP contribution >= 0.6 is 0 Å². The number of piperidine rings is 1. The zero-order valence-electron chi connectivity index (χ0n) is 16.7. The standard InChI is InChI=1S/C23H35N3O/c27-23(19-24-13-7-2-1-3-8-14-24)26-17-21-11-12-22(18-26)25(16-21)15-20-9-5-4-6-10-20/h4-6,9-10,21-22H,1-3,7-8,11-19H2/t21-,22-/m1/s1. The van der Waals surface area contributed by atoms with E-state index in [2.05, 4.69) is 45.0 Å². The van der Waals surface area contributed by atoms with Gasteiger partial charge in [-0.1, -0.05) is 49.6 Å². The van der Waals surface area contributed by atoms with E-state index in [4.69, 9.17) is 0 Å². The molecule has 0 radical (unpaired) electrons. The summed E-state index contributed by atoms with van der Waals surface area (Å²) in [6.45, 7) is 6.91. The summed E-state index contributed by atoms with van der Waals surface area (Å²) in [5, 5.41) is 0. The molecule has 0 N–H and O–H groups in total. The lowest BCUT2D eigenvalue weighted by Crippen LogP contribution is -2.46. The Kier molecular flexibility index (Phi) is 6.46. The molecule has 4 fully saturated rings. The van der Waals surface area contributed by atoms with Crippen molar-refractivity contribution in [2.24, 2.45) is 5.92 Å². The third kappa shape index (κ3) is 5.11. The molecule has 1 aromatic carbocycles. The van der Waals surface area contributed by atoms with Crippen molar-refractivity contribution in [2.45, 2.75) is 57.5 Å². The number of nitrogens with zero attached hydrogens (tertiary/aromatic N) is 3. The molecule has 4 aliphatic heterocycles. The van der Waals surface area contributed by atoms with E-state index in [0.29, 0.717) is 24.4 Å². The van der Waals surface area contributed by atoms with Crippen LogP contribution in [0.5, 0.6) is 0 Å². The van der Waals surface area contributed by atoms with Crippen molar-refractivity contribution in [2.75, 3.05) is 39.3 Å². The molecule has 4 aliphatic rings. The number of rotatable bonds is 4. The van der Waals surface area contributed by atoms with Crippen LogP contribution < -0.4 is 0 Å². The van der Waals surface area contributed by atoms with Crippen molar-refractivity contribution in [1.29, 1.82) is 0 Å². The van der Waals surface area contributed by atoms with Gasteiger partial charge in [0.05, 0.1) is 6.54 Å². The van der Waals surface area contributed by atoms with Gasteiger partial charge in [0, 0.05) is 32.2 Å². The fraction of sp³-hybridized carbons (Fsp3) is 0.696. The number of hydrogen-bond donors (Lipinski definition) is 0. The van der Waals surface area contributed by atoms with E-state index in [1.807, 2.05) is 0 Å². The van der Waals surface area contributed by atoms with Gasteiger partial charge in [0.15, 0.2) is 0 Å². The summed E-state index contributed by atoms with van der Waals surface area (Å²) in [5.41, 5.74) is 1.39. The second-order valence-electron chi connectivity index (χ2n) is 8.85. The van der Waals surface area contributed by atoms with Crippen LogP contribution in [0.4, 0.5) is 0 Å². The Morgan fingerprint density at radius 1 is 0.889 bits per heavy atom. The minimum absolute atomic E-state index is 0.369. The lowest BCUT2D eigenvalue weighted by Gasteiger charge is -2.36. The van der Waals surface area contributed by atoms with Gasteiger partial charge in [-0.05, 0) is 50.3 Å². The number of carbonyl (C=O) groups excluding carboxylic acids is 1. The van der Waals surface area contributed by atoms with E-state index in [0.717, 1.165) is 39.3 Å². The van der Waals surface area contributed by atoms with Gasteiger partial charge in [0.25, 0.3) is 0 Å². The summed E-state index contributed by atoms with van der Waals surface area (Å²) in [7, 11) is 0. The molecule has 148 valence electrons. The molecular weight excluding hydrogens is 334 g/mol. The van der Waals surface area contributed by atoms with Gasteiger partial charge >= 0.3 is 0 Å². The Labute approximate surface area is 164 Å². The number of hydrogen-bond acceptors (Lipinski definition) is 3. The minimum atomic E-state index is 0.369. The first-order valence-corrected chi connectivity index (χ1v) is 11.1. The van der Waals surface area contributed by atoms with Crippen LogP contribution in [-0.2, 0) is 11.3 Å². The first kappa shape index (κ1) is 18.9. The first-order valence-electron chi connectivity index (χ1n) is 11.1. The largest absolute Gasteiger partial charge is 0.340 e. The molecule has 0 aliphatic carbocycles. The Hall–Kier alpha value is -1.39. The highest BCUT2D eigenvalue weighted by Gasteiger charge is 2.36. The molecule has 4 heteroatoms. The molecule has 1 amide bonds. The number of benzene rings is 1. The zero-order valence-corrected chi connectivity index (χ0v) is 16.7. The van der Waals surface area contributed by atoms with Crippen molar-refractivity contribution in [1.82, 2.24) is 14.7 Å². The molecule has 0 saturated carbocycles. The number of fused-ring (bicyclic) bond motifs is 4. The maximum absolute atomic E-state index is 13.1. The second kappa shape index (κ2) is 9.20. The molecule has 0 unspecified atom stereocenters. The molecule has 27 heavy (non-hydrogen) atoms. The predicted octanol–water partition coefficient (Wildman–Crippen LogP) is 3.38. The van der Waals surface area contributed by atoms with Gasteiger partial charge < -0.3 is 4.90 Å². The summed E-state index contributed by atoms with van der Waals surface area (Å²) in [6, 6.07) is 11.3. The highest BCUT2D eigenvalue weighted by atomic mass is 16.2. The number of likely N-dealkylation sites (tertiary alicyclic amines) is 1. The summed E-state index contributed by atoms with van der Waals surface area (Å²) in [4.78, 5) is 20.3. The van der Waals surface area contributed by atoms with Crippen molar-refractivity contribution in [3.63, 3.8) is 0 Å². The van der Waals surface area contributed by atoms with E-state index in [9.17, 15) is 4.79 Å². The summed E-state index contributed by atoms with van der Waals surface area (Å²) in [5.74, 6) is 1.01. The first-order chi connectivity index (χ1) is 13.3. The van der Waals surface area contributed by atoms with Crippen LogP contribution in [0.1, 0.15) is 50.5 Å². The number of carbonyl (C=O) groups is 1. The van der Waals surface area contributed by atoms with Crippen molar-refractivity contribution >= 4 is 5.91 Å². The molecule has 4 nitrogen and oxygen atoms in total. The van der Waals surface area contributed by atoms with E-state index in [1.165, 1.54) is 50.5 Å². The van der Waals surface area contributed by atoms with E-state index in [1.54, 1.807) is 0 Å². The zero-order chi connectivity index (χ0) is 18.5. The normalized spacial score (nSPS) is 27.8. The number of amides is 1. The molecule has 1 aromatic rings. The second-order valence-corrected chi connectivity index (χ2v) is 8.85. The Bertz CT molecular complexity index is 597. The van der Waals surface area contributed by atoms with Gasteiger partial charge in [-0.3, -0.25) is 14.6 Å². The monoisotopic (exact) mass is 369 g/mol. The van der Waals surface area contributed by atoms with Gasteiger partial charge in [0.2, 0.25) is 5.91 Å². The molecule has 5 rings (SSSR count). The Morgan fingerprint density at radius 2 is 1.63 bits per heavy atom. The van der Waals surface area contributed by atoms with Gasteiger partial charge in [-0.25, -0.2) is 0 Å². The van der Waals surface area contributed by atoms with Gasteiger partial charge in [-0.15, -0.1) is 0 Å². The van der Waals surface area contributed by atoms with Crippen LogP contribution in [0.25, 0.3) is 0 Å². The third-order valence-corrected chi connectivity index (χ3v) is 6.72. The Morgan fingerprint density at radius 3 is 2.41 bits per heavy atom. The van der Waals surface area contributed by atoms with Gasteiger partial charge in [-0.2, -0.15) is 0 Å². The molecular formula is C23H35N3O. The summed E-state index contributed by atoms with van der Waals surface area (Å²) >= 11 is 0. The fourth-order valence-electron chi connectivity index (χ4n) is 5.16. The SMILES string of the molecule is O=C(CN1CCCCCCC1)N1C[C@@H]2CC[C@H](C1)N(Cc1ccccc1)C2. The lowest BCUT2D eigenvalue weighted by atomic mass is 9.94. The van der Waals surface area contributed by atoms with Crippen LogP contribution in [0.2, 0.25) is 0 Å². The minimum Gasteiger partial charge on any atom is -0.340 e. The van der Waals surface area contributed by atoms with E-state index < -0.39 is 0 Å². The topological polar surface area (TPSA) is 26.8 Å². The molecule has 2 bridgehead atoms. The maximum atomic E-state index is 13.1. The molecule has 0 aromatic heterocycles. The van der Waals surface area contributed by atoms with Crippen LogP contribution in [0, 0.1) is 5.92 Å². The average Bonchev–Trinajstić information content (AvgIpc) is 2.97. The molecule has 4 heterocycles. The average molecular weight is 370 g/mol. The lowest BCUT2D eigenvalue weighted by molar-refractivity contribution is -0.132. The van der Waals surface area contributed by atoms with Gasteiger partial charge in [0.1, 0.15) is 0 Å². The van der Waals surface area contributed by atoms with Crippen molar-refractivity contribution in [3.05, 3.63) is 35.9 Å². The highest BCUT2D eigenvalue weighted by Crippen LogP contribution is 2.29. The fourth-order valence-corrected chi connectivity index (χ4v) is 5.16. The molecule has 4 saturated heterocycles. The smallest absolute Gasteiger partial charge is 0.236 e. The molecule has 2 atom stereocenters. The maximum Gasteiger partial charge on any atom is 0.236 e. The van der Waals surface area contributed by atoms with Crippen molar-refractivity contribution < 1.29 is 4.79 Å². The van der Waals surface area contributed by atoms with E-state index >= 15 is 0 Å². The third-order valence-electron chi connectivity index (χ3n) is 6.72. The Balaban J connectivity index is 1.35. The van der Waals surface area contributed by atoms with Crippen LogP contribution in [0.3, 0.4) is 0 Å². The highest BCUT2D eigenvalue weighted by molar-refractivity contribution is 5.78. The van der Waals surface area contributed by atoms with Crippen LogP contribution in [-0.4, -0.2) is 65.9 Å². The predicted molar refractivity (Wildman–Crippen MR) is 109 cm³/mol.